The van der Waals surface area contributed by atoms with Gasteiger partial charge in [-0.1, -0.05) is 30.3 Å². The lowest BCUT2D eigenvalue weighted by molar-refractivity contribution is -0.136. The van der Waals surface area contributed by atoms with Gasteiger partial charge in [-0.15, -0.1) is 0 Å². The summed E-state index contributed by atoms with van der Waals surface area (Å²) in [6.07, 6.45) is 3.25. The van der Waals surface area contributed by atoms with Gasteiger partial charge in [-0.25, -0.2) is 4.79 Å². The third-order valence-corrected chi connectivity index (χ3v) is 4.45. The van der Waals surface area contributed by atoms with Gasteiger partial charge in [0.05, 0.1) is 6.04 Å². The van der Waals surface area contributed by atoms with Gasteiger partial charge < -0.3 is 15.5 Å². The minimum atomic E-state index is -0.515. The molecule has 0 unspecified atom stereocenters. The monoisotopic (exact) mass is 317 g/mol. The van der Waals surface area contributed by atoms with Crippen molar-refractivity contribution < 1.29 is 9.59 Å². The Balaban J connectivity index is 1.85. The highest BCUT2D eigenvalue weighted by molar-refractivity contribution is 5.87. The molecule has 0 radical (unpaired) electrons. The van der Waals surface area contributed by atoms with Gasteiger partial charge in [-0.05, 0) is 45.6 Å². The Morgan fingerprint density at radius 2 is 1.83 bits per heavy atom. The molecule has 3 amide bonds. The van der Waals surface area contributed by atoms with Crippen LogP contribution in [-0.2, 0) is 4.79 Å². The van der Waals surface area contributed by atoms with Crippen molar-refractivity contribution in [3.05, 3.63) is 35.9 Å². The standard InChI is InChI=1S/C18H27N3O2/c1-13-9-7-8-12-21(13)17(22)15(3)20-18(23)19-14(2)16-10-5-4-6-11-16/h4-6,10-11,13-15H,7-9,12H2,1-3H3,(H2,19,20,23)/t13-,14-,15+/m1/s1. The van der Waals surface area contributed by atoms with Crippen LogP contribution in [0.1, 0.15) is 51.6 Å². The lowest BCUT2D eigenvalue weighted by Gasteiger charge is -2.35. The Labute approximate surface area is 138 Å². The third kappa shape index (κ3) is 4.71. The van der Waals surface area contributed by atoms with Gasteiger partial charge >= 0.3 is 6.03 Å². The summed E-state index contributed by atoms with van der Waals surface area (Å²) >= 11 is 0. The van der Waals surface area contributed by atoms with Crippen molar-refractivity contribution >= 4 is 11.9 Å². The molecule has 1 aliphatic heterocycles. The average molecular weight is 317 g/mol. The Morgan fingerprint density at radius 1 is 1.13 bits per heavy atom. The predicted octanol–water partition coefficient (Wildman–Crippen LogP) is 2.84. The zero-order valence-electron chi connectivity index (χ0n) is 14.2. The van der Waals surface area contributed by atoms with Crippen LogP contribution in [0, 0.1) is 0 Å². The van der Waals surface area contributed by atoms with E-state index in [1.54, 1.807) is 6.92 Å². The quantitative estimate of drug-likeness (QED) is 0.897. The van der Waals surface area contributed by atoms with E-state index in [1.165, 1.54) is 6.42 Å². The number of nitrogens with zero attached hydrogens (tertiary/aromatic N) is 1. The van der Waals surface area contributed by atoms with E-state index in [9.17, 15) is 9.59 Å². The molecule has 0 saturated carbocycles. The molecule has 0 aromatic heterocycles. The molecule has 1 saturated heterocycles. The SMILES string of the molecule is C[C@H](NC(=O)N[C@H](C)c1ccccc1)C(=O)N1CCCC[C@H]1C. The lowest BCUT2D eigenvalue weighted by Crippen LogP contribution is -2.53. The maximum absolute atomic E-state index is 12.5. The van der Waals surface area contributed by atoms with E-state index in [4.69, 9.17) is 0 Å². The Morgan fingerprint density at radius 3 is 2.48 bits per heavy atom. The fourth-order valence-electron chi connectivity index (χ4n) is 3.00. The highest BCUT2D eigenvalue weighted by atomic mass is 16.2. The van der Waals surface area contributed by atoms with Crippen LogP contribution in [0.5, 0.6) is 0 Å². The number of hydrogen-bond acceptors (Lipinski definition) is 2. The van der Waals surface area contributed by atoms with Crippen LogP contribution in [0.3, 0.4) is 0 Å². The van der Waals surface area contributed by atoms with Gasteiger partial charge in [0.2, 0.25) is 5.91 Å². The molecule has 2 rings (SSSR count). The molecule has 1 aromatic carbocycles. The third-order valence-electron chi connectivity index (χ3n) is 4.45. The normalized spacial score (nSPS) is 20.5. The second kappa shape index (κ2) is 7.99. The highest BCUT2D eigenvalue weighted by Gasteiger charge is 2.27. The van der Waals surface area contributed by atoms with Gasteiger partial charge in [0.1, 0.15) is 6.04 Å². The van der Waals surface area contributed by atoms with Gasteiger partial charge in [0.25, 0.3) is 0 Å². The molecular formula is C18H27N3O2. The minimum Gasteiger partial charge on any atom is -0.338 e. The molecule has 2 N–H and O–H groups in total. The average Bonchev–Trinajstić information content (AvgIpc) is 2.55. The number of amides is 3. The van der Waals surface area contributed by atoms with E-state index in [-0.39, 0.29) is 24.0 Å². The number of hydrogen-bond donors (Lipinski definition) is 2. The zero-order chi connectivity index (χ0) is 16.8. The van der Waals surface area contributed by atoms with Crippen LogP contribution in [0.25, 0.3) is 0 Å². The summed E-state index contributed by atoms with van der Waals surface area (Å²) in [4.78, 5) is 26.5. The number of likely N-dealkylation sites (tertiary alicyclic amines) is 1. The van der Waals surface area contributed by atoms with Gasteiger partial charge in [0.15, 0.2) is 0 Å². The van der Waals surface area contributed by atoms with Gasteiger partial charge in [-0.2, -0.15) is 0 Å². The summed E-state index contributed by atoms with van der Waals surface area (Å²) < 4.78 is 0. The van der Waals surface area contributed by atoms with Gasteiger partial charge in [0, 0.05) is 12.6 Å². The number of carbonyl (C=O) groups excluding carboxylic acids is 2. The molecule has 0 aliphatic carbocycles. The Hall–Kier alpha value is -2.04. The fraction of sp³-hybridized carbons (Fsp3) is 0.556. The number of carbonyl (C=O) groups is 2. The van der Waals surface area contributed by atoms with E-state index in [2.05, 4.69) is 17.6 Å². The van der Waals surface area contributed by atoms with Crippen LogP contribution >= 0.6 is 0 Å². The van der Waals surface area contributed by atoms with E-state index >= 15 is 0 Å². The molecule has 0 spiro atoms. The maximum Gasteiger partial charge on any atom is 0.315 e. The van der Waals surface area contributed by atoms with E-state index < -0.39 is 6.04 Å². The first kappa shape index (κ1) is 17.3. The van der Waals surface area contributed by atoms with Crippen LogP contribution in [0.4, 0.5) is 4.79 Å². The predicted molar refractivity (Wildman–Crippen MR) is 91.0 cm³/mol. The summed E-state index contributed by atoms with van der Waals surface area (Å²) in [5.41, 5.74) is 1.03. The first-order chi connectivity index (χ1) is 11.0. The first-order valence-corrected chi connectivity index (χ1v) is 8.41. The molecule has 5 heteroatoms. The van der Waals surface area contributed by atoms with Crippen LogP contribution in [0.2, 0.25) is 0 Å². The molecule has 0 bridgehead atoms. The second-order valence-electron chi connectivity index (χ2n) is 6.35. The van der Waals surface area contributed by atoms with Crippen LogP contribution < -0.4 is 10.6 Å². The summed E-state index contributed by atoms with van der Waals surface area (Å²) in [7, 11) is 0. The maximum atomic E-state index is 12.5. The van der Waals surface area contributed by atoms with Crippen molar-refractivity contribution in [1.82, 2.24) is 15.5 Å². The second-order valence-corrected chi connectivity index (χ2v) is 6.35. The fourth-order valence-corrected chi connectivity index (χ4v) is 3.00. The zero-order valence-corrected chi connectivity index (χ0v) is 14.2. The molecule has 1 heterocycles. The Bertz CT molecular complexity index is 532. The minimum absolute atomic E-state index is 0.000265. The highest BCUT2D eigenvalue weighted by Crippen LogP contribution is 2.17. The smallest absolute Gasteiger partial charge is 0.315 e. The van der Waals surface area contributed by atoms with Gasteiger partial charge in [-0.3, -0.25) is 4.79 Å². The molecule has 5 nitrogen and oxygen atoms in total. The van der Waals surface area contributed by atoms with Crippen LogP contribution in [-0.4, -0.2) is 35.5 Å². The number of benzene rings is 1. The molecule has 1 aliphatic rings. The Kier molecular flexibility index (Phi) is 6.02. The number of nitrogens with one attached hydrogen (secondary N) is 2. The first-order valence-electron chi connectivity index (χ1n) is 8.41. The van der Waals surface area contributed by atoms with E-state index in [0.29, 0.717) is 0 Å². The summed E-state index contributed by atoms with van der Waals surface area (Å²) in [5.74, 6) is -0.000265. The molecular weight excluding hydrogens is 290 g/mol. The number of urea groups is 1. The van der Waals surface area contributed by atoms with Crippen LogP contribution in [0.15, 0.2) is 30.3 Å². The van der Waals surface area contributed by atoms with Crippen molar-refractivity contribution in [2.24, 2.45) is 0 Å². The number of rotatable bonds is 4. The molecule has 1 fully saturated rings. The van der Waals surface area contributed by atoms with Crippen molar-refractivity contribution in [2.75, 3.05) is 6.54 Å². The van der Waals surface area contributed by atoms with Crippen molar-refractivity contribution in [1.29, 1.82) is 0 Å². The molecule has 1 aromatic rings. The van der Waals surface area contributed by atoms with Crippen molar-refractivity contribution in [3.63, 3.8) is 0 Å². The molecule has 23 heavy (non-hydrogen) atoms. The summed E-state index contributed by atoms with van der Waals surface area (Å²) in [6, 6.07) is 9.08. The molecule has 3 atom stereocenters. The van der Waals surface area contributed by atoms with E-state index in [1.807, 2.05) is 42.2 Å². The van der Waals surface area contributed by atoms with Crippen molar-refractivity contribution in [2.45, 2.75) is 58.2 Å². The lowest BCUT2D eigenvalue weighted by atomic mass is 10.0. The van der Waals surface area contributed by atoms with Crippen molar-refractivity contribution in [3.8, 4) is 0 Å². The topological polar surface area (TPSA) is 61.4 Å². The molecule has 126 valence electrons. The largest absolute Gasteiger partial charge is 0.338 e. The van der Waals surface area contributed by atoms with E-state index in [0.717, 1.165) is 24.9 Å². The summed E-state index contributed by atoms with van der Waals surface area (Å²) in [5, 5.41) is 5.63. The number of piperidine rings is 1. The summed E-state index contributed by atoms with van der Waals surface area (Å²) in [6.45, 7) is 6.53.